The number of hydrogen-bond donors (Lipinski definition) is 1. The summed E-state index contributed by atoms with van der Waals surface area (Å²) in [4.78, 5) is 6.35. The van der Waals surface area contributed by atoms with Gasteiger partial charge in [-0.2, -0.15) is 9.67 Å². The van der Waals surface area contributed by atoms with Gasteiger partial charge in [-0.1, -0.05) is 0 Å². The predicted molar refractivity (Wildman–Crippen MR) is 75.9 cm³/mol. The summed E-state index contributed by atoms with van der Waals surface area (Å²) in [6.45, 7) is 5.83. The first-order chi connectivity index (χ1) is 9.19. The molecule has 0 aliphatic heterocycles. The number of rotatable bonds is 5. The second-order valence-corrected chi connectivity index (χ2v) is 4.05. The highest BCUT2D eigenvalue weighted by molar-refractivity contribution is 5.44. The van der Waals surface area contributed by atoms with E-state index in [1.165, 1.54) is 0 Å². The van der Waals surface area contributed by atoms with E-state index < -0.39 is 0 Å². The molecule has 0 spiro atoms. The second-order valence-electron chi connectivity index (χ2n) is 4.05. The largest absolute Gasteiger partial charge is 0.497 e. The minimum atomic E-state index is 0.382. The molecule has 0 fully saturated rings. The van der Waals surface area contributed by atoms with E-state index in [1.54, 1.807) is 11.8 Å². The second kappa shape index (κ2) is 5.60. The first-order valence-electron chi connectivity index (χ1n) is 6.31. The van der Waals surface area contributed by atoms with Crippen molar-refractivity contribution >= 4 is 11.9 Å². The van der Waals surface area contributed by atoms with E-state index in [4.69, 9.17) is 10.5 Å². The summed E-state index contributed by atoms with van der Waals surface area (Å²) >= 11 is 0. The van der Waals surface area contributed by atoms with Crippen molar-refractivity contribution in [1.82, 2.24) is 14.8 Å². The van der Waals surface area contributed by atoms with Crippen LogP contribution in [-0.2, 0) is 0 Å². The normalized spacial score (nSPS) is 10.5. The summed E-state index contributed by atoms with van der Waals surface area (Å²) in [5, 5.41) is 4.44. The molecule has 1 aromatic carbocycles. The maximum atomic E-state index is 5.92. The monoisotopic (exact) mass is 261 g/mol. The molecule has 0 saturated carbocycles. The summed E-state index contributed by atoms with van der Waals surface area (Å²) in [7, 11) is 1.64. The van der Waals surface area contributed by atoms with Crippen molar-refractivity contribution in [3.8, 4) is 11.4 Å². The summed E-state index contributed by atoms with van der Waals surface area (Å²) in [5.41, 5.74) is 6.79. The highest BCUT2D eigenvalue weighted by Crippen LogP contribution is 2.19. The van der Waals surface area contributed by atoms with E-state index in [2.05, 4.69) is 28.8 Å². The van der Waals surface area contributed by atoms with Crippen molar-refractivity contribution in [3.05, 3.63) is 24.3 Å². The Hall–Kier alpha value is -2.24. The Bertz CT molecular complexity index is 530. The predicted octanol–water partition coefficient (Wildman–Crippen LogP) is 1.70. The molecule has 1 aromatic heterocycles. The van der Waals surface area contributed by atoms with Crippen molar-refractivity contribution in [3.63, 3.8) is 0 Å². The van der Waals surface area contributed by atoms with Crippen LogP contribution in [0.15, 0.2) is 24.3 Å². The lowest BCUT2D eigenvalue weighted by atomic mass is 10.3. The van der Waals surface area contributed by atoms with Crippen LogP contribution in [0.3, 0.4) is 0 Å². The molecule has 19 heavy (non-hydrogen) atoms. The molecule has 6 nitrogen and oxygen atoms in total. The fraction of sp³-hybridized carbons (Fsp3) is 0.385. The van der Waals surface area contributed by atoms with Gasteiger partial charge in [0.2, 0.25) is 11.9 Å². The molecule has 2 N–H and O–H groups in total. The number of ether oxygens (including phenoxy) is 1. The molecular weight excluding hydrogens is 242 g/mol. The molecule has 0 unspecified atom stereocenters. The SMILES string of the molecule is CCN(CC)c1nc(N)n(-c2ccc(OC)cc2)n1. The minimum Gasteiger partial charge on any atom is -0.497 e. The molecule has 0 bridgehead atoms. The standard InChI is InChI=1S/C13H19N5O/c1-4-17(5-2)13-15-12(14)18(16-13)10-6-8-11(19-3)9-7-10/h6-9H,4-5H2,1-3H3,(H2,14,15,16). The van der Waals surface area contributed by atoms with E-state index in [9.17, 15) is 0 Å². The number of benzene rings is 1. The number of nitrogen functional groups attached to an aromatic ring is 1. The van der Waals surface area contributed by atoms with E-state index in [0.717, 1.165) is 24.5 Å². The lowest BCUT2D eigenvalue weighted by molar-refractivity contribution is 0.414. The lowest BCUT2D eigenvalue weighted by Gasteiger charge is -2.15. The Balaban J connectivity index is 2.33. The van der Waals surface area contributed by atoms with Gasteiger partial charge in [0.25, 0.3) is 0 Å². The summed E-state index contributed by atoms with van der Waals surface area (Å²) in [6, 6.07) is 7.53. The van der Waals surface area contributed by atoms with Gasteiger partial charge in [-0.3, -0.25) is 0 Å². The Kier molecular flexibility index (Phi) is 3.89. The fourth-order valence-corrected chi connectivity index (χ4v) is 1.87. The lowest BCUT2D eigenvalue weighted by Crippen LogP contribution is -2.23. The third-order valence-electron chi connectivity index (χ3n) is 2.98. The zero-order valence-electron chi connectivity index (χ0n) is 11.5. The van der Waals surface area contributed by atoms with E-state index in [-0.39, 0.29) is 0 Å². The summed E-state index contributed by atoms with van der Waals surface area (Å²) in [6.07, 6.45) is 0. The first kappa shape index (κ1) is 13.2. The molecule has 0 aliphatic rings. The Morgan fingerprint density at radius 2 is 1.84 bits per heavy atom. The topological polar surface area (TPSA) is 69.2 Å². The number of aromatic nitrogens is 3. The minimum absolute atomic E-state index is 0.382. The quantitative estimate of drug-likeness (QED) is 0.887. The number of hydrogen-bond acceptors (Lipinski definition) is 5. The van der Waals surface area contributed by atoms with Crippen molar-refractivity contribution in [1.29, 1.82) is 0 Å². The van der Waals surface area contributed by atoms with Crippen LogP contribution in [0.1, 0.15) is 13.8 Å². The van der Waals surface area contributed by atoms with Gasteiger partial charge in [-0.25, -0.2) is 0 Å². The number of methoxy groups -OCH3 is 1. The molecule has 0 saturated heterocycles. The molecule has 0 atom stereocenters. The van der Waals surface area contributed by atoms with Crippen LogP contribution in [0.25, 0.3) is 5.69 Å². The van der Waals surface area contributed by atoms with E-state index in [1.807, 2.05) is 24.3 Å². The number of anilines is 2. The molecule has 2 rings (SSSR count). The summed E-state index contributed by atoms with van der Waals surface area (Å²) < 4.78 is 6.76. The number of nitrogens with two attached hydrogens (primary N) is 1. The highest BCUT2D eigenvalue weighted by Gasteiger charge is 2.12. The van der Waals surface area contributed by atoms with Gasteiger partial charge in [-0.05, 0) is 38.1 Å². The van der Waals surface area contributed by atoms with Crippen LogP contribution >= 0.6 is 0 Å². The van der Waals surface area contributed by atoms with Crippen molar-refractivity contribution < 1.29 is 4.74 Å². The molecule has 102 valence electrons. The third kappa shape index (κ3) is 2.62. The van der Waals surface area contributed by atoms with Gasteiger partial charge in [0.05, 0.1) is 12.8 Å². The van der Waals surface area contributed by atoms with Crippen molar-refractivity contribution in [2.75, 3.05) is 30.8 Å². The van der Waals surface area contributed by atoms with E-state index >= 15 is 0 Å². The van der Waals surface area contributed by atoms with Crippen LogP contribution in [0.2, 0.25) is 0 Å². The van der Waals surface area contributed by atoms with Gasteiger partial charge in [0.1, 0.15) is 5.75 Å². The third-order valence-corrected chi connectivity index (χ3v) is 2.98. The zero-order chi connectivity index (χ0) is 13.8. The van der Waals surface area contributed by atoms with Gasteiger partial charge < -0.3 is 15.4 Å². The molecule has 0 radical (unpaired) electrons. The number of nitrogens with zero attached hydrogens (tertiary/aromatic N) is 4. The van der Waals surface area contributed by atoms with Gasteiger partial charge in [0, 0.05) is 13.1 Å². The van der Waals surface area contributed by atoms with Crippen LogP contribution in [-0.4, -0.2) is 35.0 Å². The molecule has 0 aliphatic carbocycles. The zero-order valence-corrected chi connectivity index (χ0v) is 11.5. The van der Waals surface area contributed by atoms with Crippen molar-refractivity contribution in [2.45, 2.75) is 13.8 Å². The Labute approximate surface area is 112 Å². The molecule has 2 aromatic rings. The maximum absolute atomic E-state index is 5.92. The van der Waals surface area contributed by atoms with Crippen LogP contribution in [0.5, 0.6) is 5.75 Å². The Morgan fingerprint density at radius 1 is 1.21 bits per heavy atom. The van der Waals surface area contributed by atoms with Crippen molar-refractivity contribution in [2.24, 2.45) is 0 Å². The van der Waals surface area contributed by atoms with Gasteiger partial charge in [-0.15, -0.1) is 5.10 Å². The van der Waals surface area contributed by atoms with Gasteiger partial charge >= 0.3 is 0 Å². The smallest absolute Gasteiger partial charge is 0.246 e. The van der Waals surface area contributed by atoms with Crippen LogP contribution in [0.4, 0.5) is 11.9 Å². The van der Waals surface area contributed by atoms with E-state index in [0.29, 0.717) is 11.9 Å². The molecule has 1 heterocycles. The average molecular weight is 261 g/mol. The molecule has 6 heteroatoms. The highest BCUT2D eigenvalue weighted by atomic mass is 16.5. The average Bonchev–Trinajstić information content (AvgIpc) is 2.82. The molecular formula is C13H19N5O. The van der Waals surface area contributed by atoms with Crippen LogP contribution in [0, 0.1) is 0 Å². The van der Waals surface area contributed by atoms with Crippen LogP contribution < -0.4 is 15.4 Å². The fourth-order valence-electron chi connectivity index (χ4n) is 1.87. The summed E-state index contributed by atoms with van der Waals surface area (Å²) in [5.74, 6) is 1.83. The first-order valence-corrected chi connectivity index (χ1v) is 6.31. The molecule has 0 amide bonds. The Morgan fingerprint density at radius 3 is 2.37 bits per heavy atom. The maximum Gasteiger partial charge on any atom is 0.246 e. The van der Waals surface area contributed by atoms with Gasteiger partial charge in [0.15, 0.2) is 0 Å².